The van der Waals surface area contributed by atoms with E-state index >= 15 is 0 Å². The van der Waals surface area contributed by atoms with E-state index < -0.39 is 0 Å². The van der Waals surface area contributed by atoms with E-state index in [1.165, 1.54) is 25.4 Å². The van der Waals surface area contributed by atoms with Crippen LogP contribution < -0.4 is 13.7 Å². The Hall–Kier alpha value is -2.27. The molecule has 2 fully saturated rings. The highest BCUT2D eigenvalue weighted by molar-refractivity contribution is 7.75. The maximum absolute atomic E-state index is 13.0. The number of carbonyl (C=O) groups is 1. The number of hydrogen-bond donors (Lipinski definition) is 1. The van der Waals surface area contributed by atoms with Crippen molar-refractivity contribution in [1.29, 1.82) is 0 Å². The molecular formula is C28H36B2O4S. The minimum absolute atomic E-state index is 0.198. The fraction of sp³-hybridized carbons (Fsp3) is 0.464. The van der Waals surface area contributed by atoms with Crippen LogP contribution in [0.25, 0.3) is 5.57 Å². The normalized spacial score (nSPS) is 16.7. The third-order valence-electron chi connectivity index (χ3n) is 7.34. The van der Waals surface area contributed by atoms with Crippen LogP contribution in [0.1, 0.15) is 37.7 Å². The predicted octanol–water partition coefficient (Wildman–Crippen LogP) is 7.07. The van der Waals surface area contributed by atoms with Gasteiger partial charge in [0.05, 0.1) is 13.2 Å². The Kier molecular flexibility index (Phi) is 9.31. The van der Waals surface area contributed by atoms with Crippen LogP contribution in [0.2, 0.25) is 32.1 Å². The molecule has 0 atom stereocenters. The largest absolute Gasteiger partial charge is 0.497 e. The lowest BCUT2D eigenvalue weighted by atomic mass is 9.37. The van der Waals surface area contributed by atoms with E-state index in [1.54, 1.807) is 7.11 Å². The molecule has 1 saturated heterocycles. The highest BCUT2D eigenvalue weighted by Crippen LogP contribution is 2.36. The molecule has 0 amide bonds. The first-order chi connectivity index (χ1) is 17.1. The maximum atomic E-state index is 13.0. The van der Waals surface area contributed by atoms with Gasteiger partial charge in [-0.15, -0.1) is 5.98 Å². The van der Waals surface area contributed by atoms with Gasteiger partial charge >= 0.3 is 0 Å². The molecule has 4 nitrogen and oxygen atoms in total. The highest BCUT2D eigenvalue weighted by atomic mass is 32.1. The van der Waals surface area contributed by atoms with Crippen molar-refractivity contribution < 1.29 is 18.5 Å². The first-order valence-electron chi connectivity index (χ1n) is 13.0. The molecule has 2 aromatic carbocycles. The second-order valence-corrected chi connectivity index (χ2v) is 10.4. The monoisotopic (exact) mass is 490 g/mol. The molecule has 7 heteroatoms. The predicted molar refractivity (Wildman–Crippen MR) is 150 cm³/mol. The second-order valence-electron chi connectivity index (χ2n) is 10.2. The molecule has 1 saturated carbocycles. The van der Waals surface area contributed by atoms with Crippen LogP contribution in [0.15, 0.2) is 54.5 Å². The van der Waals surface area contributed by atoms with Crippen molar-refractivity contribution in [2.75, 3.05) is 7.11 Å². The average Bonchev–Trinajstić information content (AvgIpc) is 3.74. The Morgan fingerprint density at radius 2 is 1.77 bits per heavy atom. The molecule has 2 aromatic rings. The number of Topliss-reactive ketones (excluding diaryl/α,β-unsaturated/α-hetero) is 1. The van der Waals surface area contributed by atoms with Crippen LogP contribution in [-0.4, -0.2) is 32.4 Å². The number of allylic oxidation sites excluding steroid dienone is 1. The lowest BCUT2D eigenvalue weighted by Crippen LogP contribution is -2.28. The second kappa shape index (κ2) is 12.6. The third-order valence-corrected chi connectivity index (χ3v) is 7.55. The number of rotatable bonds is 12. The van der Waals surface area contributed by atoms with Crippen molar-refractivity contribution in [3.05, 3.63) is 60.1 Å². The minimum Gasteiger partial charge on any atom is -0.497 e. The van der Waals surface area contributed by atoms with E-state index in [9.17, 15) is 4.79 Å². The van der Waals surface area contributed by atoms with Crippen LogP contribution in [0.4, 0.5) is 0 Å². The van der Waals surface area contributed by atoms with E-state index in [2.05, 4.69) is 25.7 Å². The summed E-state index contributed by atoms with van der Waals surface area (Å²) >= 11 is 3.92. The van der Waals surface area contributed by atoms with E-state index in [0.29, 0.717) is 18.6 Å². The van der Waals surface area contributed by atoms with Gasteiger partial charge in [0.25, 0.3) is 0 Å². The molecule has 35 heavy (non-hydrogen) atoms. The Bertz CT molecular complexity index is 998. The van der Waals surface area contributed by atoms with Crippen molar-refractivity contribution in [1.82, 2.24) is 0 Å². The molecule has 0 N–H and O–H groups in total. The summed E-state index contributed by atoms with van der Waals surface area (Å²) in [5, 5.41) is 0. The SMILES string of the molecule is COc1ccc(OC2CCB(CCCB(C)/C=C(/C(=O)C3CC3)c3cccc(OS)c3)CC2)cc1. The molecular weight excluding hydrogens is 454 g/mol. The first-order valence-corrected chi connectivity index (χ1v) is 13.4. The van der Waals surface area contributed by atoms with Crippen molar-refractivity contribution >= 4 is 37.7 Å². The van der Waals surface area contributed by atoms with Gasteiger partial charge in [0.2, 0.25) is 0 Å². The molecule has 0 radical (unpaired) electrons. The van der Waals surface area contributed by atoms with Crippen molar-refractivity contribution in [3.63, 3.8) is 0 Å². The van der Waals surface area contributed by atoms with Gasteiger partial charge in [-0.1, -0.05) is 50.7 Å². The van der Waals surface area contributed by atoms with E-state index in [0.717, 1.165) is 61.4 Å². The molecule has 0 bridgehead atoms. The molecule has 1 aliphatic carbocycles. The number of methoxy groups -OCH3 is 1. The summed E-state index contributed by atoms with van der Waals surface area (Å²) in [6.45, 7) is 3.38. The average molecular weight is 490 g/mol. The Labute approximate surface area is 216 Å². The molecule has 0 unspecified atom stereocenters. The Balaban J connectivity index is 1.24. The summed E-state index contributed by atoms with van der Waals surface area (Å²) in [4.78, 5) is 13.0. The lowest BCUT2D eigenvalue weighted by molar-refractivity contribution is -0.114. The highest BCUT2D eigenvalue weighted by Gasteiger charge is 2.32. The zero-order valence-corrected chi connectivity index (χ0v) is 21.8. The van der Waals surface area contributed by atoms with Gasteiger partial charge < -0.3 is 13.7 Å². The zero-order valence-electron chi connectivity index (χ0n) is 20.9. The minimum atomic E-state index is 0.198. The molecule has 184 valence electrons. The van der Waals surface area contributed by atoms with E-state index in [4.69, 9.17) is 13.7 Å². The summed E-state index contributed by atoms with van der Waals surface area (Å²) in [6.07, 6.45) is 10.6. The van der Waals surface area contributed by atoms with Gasteiger partial charge in [-0.2, -0.15) is 0 Å². The van der Waals surface area contributed by atoms with E-state index in [-0.39, 0.29) is 11.7 Å². The van der Waals surface area contributed by atoms with Crippen LogP contribution in [0.3, 0.4) is 0 Å². The number of ketones is 1. The van der Waals surface area contributed by atoms with Gasteiger partial charge in [-0.25, -0.2) is 0 Å². The summed E-state index contributed by atoms with van der Waals surface area (Å²) in [6, 6.07) is 15.6. The molecule has 4 rings (SSSR count). The maximum Gasteiger partial charge on any atom is 0.165 e. The van der Waals surface area contributed by atoms with Crippen molar-refractivity contribution in [2.45, 2.75) is 70.3 Å². The number of thiol groups is 1. The van der Waals surface area contributed by atoms with Gasteiger partial charge in [-0.05, 0) is 67.6 Å². The molecule has 1 aliphatic heterocycles. The summed E-state index contributed by atoms with van der Waals surface area (Å²) < 4.78 is 16.5. The van der Waals surface area contributed by atoms with Crippen LogP contribution >= 0.6 is 12.9 Å². The number of benzene rings is 2. The summed E-state index contributed by atoms with van der Waals surface area (Å²) in [7, 11) is 1.68. The summed E-state index contributed by atoms with van der Waals surface area (Å²) in [5.74, 6) is 5.12. The van der Waals surface area contributed by atoms with Crippen molar-refractivity contribution in [3.8, 4) is 17.2 Å². The fourth-order valence-electron chi connectivity index (χ4n) is 5.09. The van der Waals surface area contributed by atoms with Gasteiger partial charge in [0.1, 0.15) is 24.0 Å². The van der Waals surface area contributed by atoms with Crippen molar-refractivity contribution in [2.24, 2.45) is 5.92 Å². The van der Waals surface area contributed by atoms with Crippen LogP contribution in [-0.2, 0) is 4.79 Å². The lowest BCUT2D eigenvalue weighted by Gasteiger charge is -2.27. The molecule has 2 aliphatic rings. The third kappa shape index (κ3) is 7.60. The number of hydrogen-bond acceptors (Lipinski definition) is 5. The molecule has 1 heterocycles. The molecule has 0 aromatic heterocycles. The fourth-order valence-corrected chi connectivity index (χ4v) is 5.20. The number of carbonyl (C=O) groups excluding carboxylic acids is 1. The van der Waals surface area contributed by atoms with Gasteiger partial charge in [0, 0.05) is 24.4 Å². The van der Waals surface area contributed by atoms with Gasteiger partial charge in [0.15, 0.2) is 12.5 Å². The smallest absolute Gasteiger partial charge is 0.165 e. The number of ether oxygens (including phenoxy) is 2. The first kappa shape index (κ1) is 25.8. The standard InChI is InChI=1S/C28H36B2O4S/c1-29(20-27(28(31)21-7-8-21)22-5-3-6-26(19-22)34-35)15-4-16-30-17-13-25(14-18-30)33-24-11-9-23(32-2)10-12-24/h3,5-6,9-12,19-21,25,35H,4,7-8,13-18H2,1-2H3/b27-20+. The van der Waals surface area contributed by atoms with E-state index in [1.807, 2.05) is 48.5 Å². The van der Waals surface area contributed by atoms with Gasteiger partial charge in [-0.3, -0.25) is 4.79 Å². The summed E-state index contributed by atoms with van der Waals surface area (Å²) in [5.41, 5.74) is 1.79. The Morgan fingerprint density at radius 3 is 2.43 bits per heavy atom. The molecule has 0 spiro atoms. The topological polar surface area (TPSA) is 44.8 Å². The van der Waals surface area contributed by atoms with Crippen LogP contribution in [0.5, 0.6) is 17.2 Å². The quantitative estimate of drug-likeness (QED) is 0.150. The van der Waals surface area contributed by atoms with Crippen LogP contribution in [0, 0.1) is 5.92 Å². The Morgan fingerprint density at radius 1 is 1.06 bits per heavy atom. The zero-order chi connectivity index (χ0) is 24.6.